The fraction of sp³-hybridized carbons (Fsp3) is 0.318. The zero-order valence-electron chi connectivity index (χ0n) is 15.5. The maximum Gasteiger partial charge on any atom is 0.404 e. The lowest BCUT2D eigenvalue weighted by atomic mass is 9.94. The first kappa shape index (κ1) is 17.0. The van der Waals surface area contributed by atoms with Gasteiger partial charge in [-0.25, -0.2) is 14.8 Å². The molecule has 2 heterocycles. The molecule has 0 radical (unpaired) electrons. The lowest BCUT2D eigenvalue weighted by Gasteiger charge is -2.31. The number of nitrogens with zero attached hydrogens (tertiary/aromatic N) is 3. The normalized spacial score (nSPS) is 23.3. The van der Waals surface area contributed by atoms with Crippen LogP contribution in [0.25, 0.3) is 22.0 Å². The van der Waals surface area contributed by atoms with Gasteiger partial charge in [-0.15, -0.1) is 0 Å². The highest BCUT2D eigenvalue weighted by atomic mass is 16.4. The zero-order valence-corrected chi connectivity index (χ0v) is 15.5. The third-order valence-electron chi connectivity index (χ3n) is 6.15. The standard InChI is InChI=1S/C22H22N4O2/c27-22(28)24-12-17-10-19-11-18(17)13-26(19)21-23-8-7-20(25-21)16-6-5-14-3-1-2-4-15(14)9-16/h1-9,17-19,24H,10-13H2,(H,27,28)/t17-,18+,19-/m1/s1. The quantitative estimate of drug-likeness (QED) is 0.727. The van der Waals surface area contributed by atoms with E-state index in [-0.39, 0.29) is 0 Å². The van der Waals surface area contributed by atoms with Crippen LogP contribution in [0.15, 0.2) is 54.7 Å². The summed E-state index contributed by atoms with van der Waals surface area (Å²) in [6.45, 7) is 1.44. The predicted molar refractivity (Wildman–Crippen MR) is 108 cm³/mol. The fourth-order valence-corrected chi connectivity index (χ4v) is 4.77. The van der Waals surface area contributed by atoms with Gasteiger partial charge in [0.15, 0.2) is 0 Å². The van der Waals surface area contributed by atoms with Crippen molar-refractivity contribution in [2.24, 2.45) is 11.8 Å². The number of carbonyl (C=O) groups is 1. The first-order valence-electron chi connectivity index (χ1n) is 9.73. The number of aromatic nitrogens is 2. The molecule has 0 spiro atoms. The summed E-state index contributed by atoms with van der Waals surface area (Å²) in [6.07, 6.45) is 2.98. The lowest BCUT2D eigenvalue weighted by Crippen LogP contribution is -2.40. The Kier molecular flexibility index (Phi) is 4.11. The molecule has 142 valence electrons. The van der Waals surface area contributed by atoms with E-state index >= 15 is 0 Å². The molecule has 1 aliphatic heterocycles. The van der Waals surface area contributed by atoms with Crippen LogP contribution >= 0.6 is 0 Å². The second kappa shape index (κ2) is 6.78. The monoisotopic (exact) mass is 374 g/mol. The van der Waals surface area contributed by atoms with Gasteiger partial charge in [-0.3, -0.25) is 0 Å². The van der Waals surface area contributed by atoms with Crippen LogP contribution in [-0.2, 0) is 0 Å². The molecular weight excluding hydrogens is 352 g/mol. The van der Waals surface area contributed by atoms with Crippen LogP contribution in [0.1, 0.15) is 12.8 Å². The SMILES string of the molecule is O=C(O)NC[C@H]1C[C@@H]2C[C@H]1CN2c1nccc(-c2ccc3ccccc3c2)n1. The van der Waals surface area contributed by atoms with E-state index in [9.17, 15) is 4.79 Å². The molecule has 2 aromatic carbocycles. The average Bonchev–Trinajstić information content (AvgIpc) is 3.32. The van der Waals surface area contributed by atoms with Gasteiger partial charge in [-0.05, 0) is 47.6 Å². The number of hydrogen-bond acceptors (Lipinski definition) is 4. The van der Waals surface area contributed by atoms with E-state index in [2.05, 4.69) is 45.5 Å². The molecule has 2 bridgehead atoms. The van der Waals surface area contributed by atoms with Crippen molar-refractivity contribution in [2.45, 2.75) is 18.9 Å². The summed E-state index contributed by atoms with van der Waals surface area (Å²) in [4.78, 5) is 22.4. The van der Waals surface area contributed by atoms with Crippen molar-refractivity contribution in [3.63, 3.8) is 0 Å². The minimum Gasteiger partial charge on any atom is -0.465 e. The van der Waals surface area contributed by atoms with Crippen LogP contribution in [0.2, 0.25) is 0 Å². The molecule has 28 heavy (non-hydrogen) atoms. The highest BCUT2D eigenvalue weighted by Gasteiger charge is 2.45. The Morgan fingerprint density at radius 3 is 2.79 bits per heavy atom. The number of carboxylic acid groups (broad SMARTS) is 1. The van der Waals surface area contributed by atoms with Crippen LogP contribution in [0, 0.1) is 11.8 Å². The van der Waals surface area contributed by atoms with E-state index in [0.29, 0.717) is 24.4 Å². The number of rotatable bonds is 4. The van der Waals surface area contributed by atoms with E-state index < -0.39 is 6.09 Å². The van der Waals surface area contributed by atoms with E-state index in [1.807, 2.05) is 24.4 Å². The molecule has 6 heteroatoms. The lowest BCUT2D eigenvalue weighted by molar-refractivity contribution is 0.190. The molecule has 0 unspecified atom stereocenters. The predicted octanol–water partition coefficient (Wildman–Crippen LogP) is 3.78. The highest BCUT2D eigenvalue weighted by molar-refractivity contribution is 5.86. The Morgan fingerprint density at radius 1 is 1.14 bits per heavy atom. The molecule has 1 aromatic heterocycles. The Balaban J connectivity index is 1.36. The summed E-state index contributed by atoms with van der Waals surface area (Å²) in [5, 5.41) is 13.8. The van der Waals surface area contributed by atoms with E-state index in [4.69, 9.17) is 10.1 Å². The van der Waals surface area contributed by atoms with Gasteiger partial charge in [0.25, 0.3) is 0 Å². The number of anilines is 1. The number of fused-ring (bicyclic) bond motifs is 3. The third-order valence-corrected chi connectivity index (χ3v) is 6.15. The van der Waals surface area contributed by atoms with Crippen molar-refractivity contribution in [3.8, 4) is 11.3 Å². The largest absolute Gasteiger partial charge is 0.465 e. The summed E-state index contributed by atoms with van der Waals surface area (Å²) in [6, 6.07) is 17.1. The number of piperidine rings is 1. The molecule has 2 N–H and O–H groups in total. The molecule has 3 aromatic rings. The van der Waals surface area contributed by atoms with Gasteiger partial charge in [0.1, 0.15) is 0 Å². The Bertz CT molecular complexity index is 1040. The van der Waals surface area contributed by atoms with Gasteiger partial charge in [-0.2, -0.15) is 0 Å². The van der Waals surface area contributed by atoms with Gasteiger partial charge in [-0.1, -0.05) is 36.4 Å². The van der Waals surface area contributed by atoms with Crippen molar-refractivity contribution in [2.75, 3.05) is 18.0 Å². The molecular formula is C22H22N4O2. The molecule has 1 saturated heterocycles. The Morgan fingerprint density at radius 2 is 2.00 bits per heavy atom. The highest BCUT2D eigenvalue weighted by Crippen LogP contribution is 2.43. The van der Waals surface area contributed by atoms with Crippen LogP contribution < -0.4 is 10.2 Å². The minimum absolute atomic E-state index is 0.400. The van der Waals surface area contributed by atoms with Crippen molar-refractivity contribution in [3.05, 3.63) is 54.7 Å². The van der Waals surface area contributed by atoms with Crippen LogP contribution in [0.3, 0.4) is 0 Å². The topological polar surface area (TPSA) is 78.4 Å². The van der Waals surface area contributed by atoms with Crippen molar-refractivity contribution in [1.29, 1.82) is 0 Å². The Hall–Kier alpha value is -3.15. The summed E-state index contributed by atoms with van der Waals surface area (Å²) in [7, 11) is 0. The van der Waals surface area contributed by atoms with Gasteiger partial charge in [0.05, 0.1) is 5.69 Å². The minimum atomic E-state index is -0.939. The second-order valence-electron chi connectivity index (χ2n) is 7.79. The molecule has 5 rings (SSSR count). The van der Waals surface area contributed by atoms with Gasteiger partial charge < -0.3 is 15.3 Å². The van der Waals surface area contributed by atoms with Crippen molar-refractivity contribution in [1.82, 2.24) is 15.3 Å². The molecule has 2 fully saturated rings. The maximum absolute atomic E-state index is 10.8. The van der Waals surface area contributed by atoms with Gasteiger partial charge in [0.2, 0.25) is 5.95 Å². The first-order chi connectivity index (χ1) is 13.7. The first-order valence-corrected chi connectivity index (χ1v) is 9.73. The Labute approximate surface area is 163 Å². The summed E-state index contributed by atoms with van der Waals surface area (Å²) in [5.41, 5.74) is 2.03. The maximum atomic E-state index is 10.8. The van der Waals surface area contributed by atoms with Gasteiger partial charge >= 0.3 is 6.09 Å². The summed E-state index contributed by atoms with van der Waals surface area (Å²) in [5.74, 6) is 1.70. The molecule has 3 atom stereocenters. The van der Waals surface area contributed by atoms with Gasteiger partial charge in [0, 0.05) is 30.9 Å². The third kappa shape index (κ3) is 3.05. The van der Waals surface area contributed by atoms with E-state index in [1.54, 1.807) is 0 Å². The van der Waals surface area contributed by atoms with Crippen LogP contribution in [-0.4, -0.2) is 40.3 Å². The van der Waals surface area contributed by atoms with Crippen LogP contribution in [0.4, 0.5) is 10.7 Å². The number of nitrogens with one attached hydrogen (secondary N) is 1. The molecule has 1 amide bonds. The van der Waals surface area contributed by atoms with Crippen molar-refractivity contribution < 1.29 is 9.90 Å². The zero-order chi connectivity index (χ0) is 19.1. The second-order valence-corrected chi connectivity index (χ2v) is 7.79. The number of hydrogen-bond donors (Lipinski definition) is 2. The molecule has 1 aliphatic carbocycles. The summed E-state index contributed by atoms with van der Waals surface area (Å²) >= 11 is 0. The average molecular weight is 374 g/mol. The fourth-order valence-electron chi connectivity index (χ4n) is 4.77. The van der Waals surface area contributed by atoms with E-state index in [0.717, 1.165) is 36.6 Å². The molecule has 6 nitrogen and oxygen atoms in total. The van der Waals surface area contributed by atoms with E-state index in [1.165, 1.54) is 10.8 Å². The molecule has 2 aliphatic rings. The molecule has 1 saturated carbocycles. The summed E-state index contributed by atoms with van der Waals surface area (Å²) < 4.78 is 0. The number of benzene rings is 2. The number of amides is 1. The smallest absolute Gasteiger partial charge is 0.404 e. The van der Waals surface area contributed by atoms with Crippen molar-refractivity contribution >= 4 is 22.8 Å². The van der Waals surface area contributed by atoms with Crippen LogP contribution in [0.5, 0.6) is 0 Å².